The van der Waals surface area contributed by atoms with Crippen molar-refractivity contribution in [2.45, 2.75) is 25.7 Å². The van der Waals surface area contributed by atoms with Crippen LogP contribution in [0, 0.1) is 6.92 Å². The molecule has 3 rings (SSSR count). The number of hydrogen-bond donors (Lipinski definition) is 1. The molecular formula is C14H16N2. The molecule has 16 heavy (non-hydrogen) atoms. The van der Waals surface area contributed by atoms with Crippen LogP contribution in [0.4, 0.5) is 5.69 Å². The van der Waals surface area contributed by atoms with Crippen molar-refractivity contribution in [3.63, 3.8) is 0 Å². The lowest BCUT2D eigenvalue weighted by molar-refractivity contribution is 1.04. The van der Waals surface area contributed by atoms with E-state index in [1.807, 2.05) is 7.05 Å². The largest absolute Gasteiger partial charge is 0.388 e. The number of nitrogens with zero attached hydrogens (tertiary/aromatic N) is 1. The fourth-order valence-electron chi connectivity index (χ4n) is 2.21. The number of fused-ring (bicyclic) bond motifs is 1. The molecule has 0 atom stereocenters. The Bertz CT molecular complexity index is 542. The second-order valence-electron chi connectivity index (χ2n) is 4.59. The predicted octanol–water partition coefficient (Wildman–Crippen LogP) is 3.46. The summed E-state index contributed by atoms with van der Waals surface area (Å²) in [5.74, 6) is 0.705. The number of nitrogens with one attached hydrogen (secondary N) is 1. The Morgan fingerprint density at radius 1 is 1.31 bits per heavy atom. The zero-order chi connectivity index (χ0) is 11.1. The van der Waals surface area contributed by atoms with Gasteiger partial charge < -0.3 is 5.32 Å². The highest BCUT2D eigenvalue weighted by atomic mass is 14.8. The second kappa shape index (κ2) is 3.48. The smallest absolute Gasteiger partial charge is 0.0755 e. The third-order valence-corrected chi connectivity index (χ3v) is 3.33. The Balaban J connectivity index is 2.30. The van der Waals surface area contributed by atoms with Gasteiger partial charge in [-0.15, -0.1) is 0 Å². The van der Waals surface area contributed by atoms with E-state index in [-0.39, 0.29) is 0 Å². The highest BCUT2D eigenvalue weighted by Crippen LogP contribution is 2.41. The first-order valence-corrected chi connectivity index (χ1v) is 5.87. The summed E-state index contributed by atoms with van der Waals surface area (Å²) in [7, 11) is 1.98. The summed E-state index contributed by atoms with van der Waals surface area (Å²) in [5, 5.41) is 4.51. The van der Waals surface area contributed by atoms with E-state index in [0.29, 0.717) is 5.92 Å². The second-order valence-corrected chi connectivity index (χ2v) is 4.59. The quantitative estimate of drug-likeness (QED) is 0.824. The standard InChI is InChI=1S/C14H16N2/c1-9-4-3-5-11-13(15-2)8-12(10-6-7-10)16-14(9)11/h3-5,8,10H,6-7H2,1-2H3,(H,15,16). The molecule has 82 valence electrons. The SMILES string of the molecule is CNc1cc(C2CC2)nc2c(C)cccc12. The molecular weight excluding hydrogens is 196 g/mol. The van der Waals surface area contributed by atoms with Crippen LogP contribution in [-0.4, -0.2) is 12.0 Å². The van der Waals surface area contributed by atoms with E-state index in [9.17, 15) is 0 Å². The van der Waals surface area contributed by atoms with E-state index in [2.05, 4.69) is 36.5 Å². The van der Waals surface area contributed by atoms with Gasteiger partial charge in [0.2, 0.25) is 0 Å². The molecule has 0 spiro atoms. The summed E-state index contributed by atoms with van der Waals surface area (Å²) in [6, 6.07) is 8.57. The number of aromatic nitrogens is 1. The van der Waals surface area contributed by atoms with Crippen molar-refractivity contribution in [3.05, 3.63) is 35.5 Å². The topological polar surface area (TPSA) is 24.9 Å². The Morgan fingerprint density at radius 3 is 2.81 bits per heavy atom. The minimum Gasteiger partial charge on any atom is -0.388 e. The lowest BCUT2D eigenvalue weighted by atomic mass is 10.1. The predicted molar refractivity (Wildman–Crippen MR) is 68.0 cm³/mol. The first kappa shape index (κ1) is 9.64. The van der Waals surface area contributed by atoms with Crippen LogP contribution in [0.15, 0.2) is 24.3 Å². The molecule has 1 heterocycles. The molecule has 0 unspecified atom stereocenters. The summed E-state index contributed by atoms with van der Waals surface area (Å²) >= 11 is 0. The van der Waals surface area contributed by atoms with E-state index in [1.165, 1.54) is 35.2 Å². The minimum atomic E-state index is 0.705. The Kier molecular flexibility index (Phi) is 2.10. The molecule has 0 amide bonds. The van der Waals surface area contributed by atoms with Crippen LogP contribution in [0.3, 0.4) is 0 Å². The van der Waals surface area contributed by atoms with Crippen LogP contribution in [0.25, 0.3) is 10.9 Å². The van der Waals surface area contributed by atoms with Crippen molar-refractivity contribution in [3.8, 4) is 0 Å². The van der Waals surface area contributed by atoms with Crippen molar-refractivity contribution in [2.24, 2.45) is 0 Å². The van der Waals surface area contributed by atoms with E-state index >= 15 is 0 Å². The normalized spacial score (nSPS) is 15.4. The molecule has 0 bridgehead atoms. The van der Waals surface area contributed by atoms with Crippen molar-refractivity contribution >= 4 is 16.6 Å². The maximum Gasteiger partial charge on any atom is 0.0755 e. The Labute approximate surface area is 95.7 Å². The van der Waals surface area contributed by atoms with Crippen molar-refractivity contribution in [1.82, 2.24) is 4.98 Å². The maximum absolute atomic E-state index is 4.81. The third-order valence-electron chi connectivity index (χ3n) is 3.33. The fraction of sp³-hybridized carbons (Fsp3) is 0.357. The molecule has 1 aromatic heterocycles. The molecule has 0 saturated heterocycles. The van der Waals surface area contributed by atoms with Gasteiger partial charge in [-0.05, 0) is 31.4 Å². The van der Waals surface area contributed by atoms with E-state index < -0.39 is 0 Å². The number of pyridine rings is 1. The maximum atomic E-state index is 4.81. The van der Waals surface area contributed by atoms with Gasteiger partial charge in [0.15, 0.2) is 0 Å². The zero-order valence-electron chi connectivity index (χ0n) is 9.75. The van der Waals surface area contributed by atoms with Crippen LogP contribution in [0.5, 0.6) is 0 Å². The number of para-hydroxylation sites is 1. The molecule has 1 fully saturated rings. The first-order chi connectivity index (χ1) is 7.79. The molecule has 1 N–H and O–H groups in total. The molecule has 2 nitrogen and oxygen atoms in total. The summed E-state index contributed by atoms with van der Waals surface area (Å²) in [4.78, 5) is 4.81. The van der Waals surface area contributed by atoms with Crippen LogP contribution in [-0.2, 0) is 0 Å². The zero-order valence-corrected chi connectivity index (χ0v) is 9.75. The highest BCUT2D eigenvalue weighted by molar-refractivity contribution is 5.93. The summed E-state index contributed by atoms with van der Waals surface area (Å²) in [6.45, 7) is 2.13. The molecule has 0 aliphatic heterocycles. The van der Waals surface area contributed by atoms with Crippen LogP contribution >= 0.6 is 0 Å². The summed E-state index contributed by atoms with van der Waals surface area (Å²) in [5.41, 5.74) is 4.87. The van der Waals surface area contributed by atoms with Crippen molar-refractivity contribution in [1.29, 1.82) is 0 Å². The molecule has 1 saturated carbocycles. The lowest BCUT2D eigenvalue weighted by Crippen LogP contribution is -1.96. The number of aryl methyl sites for hydroxylation is 1. The average Bonchev–Trinajstić information content (AvgIpc) is 3.12. The fourth-order valence-corrected chi connectivity index (χ4v) is 2.21. The van der Waals surface area contributed by atoms with Crippen molar-refractivity contribution in [2.75, 3.05) is 12.4 Å². The number of anilines is 1. The van der Waals surface area contributed by atoms with Gasteiger partial charge >= 0.3 is 0 Å². The Morgan fingerprint density at radius 2 is 2.12 bits per heavy atom. The minimum absolute atomic E-state index is 0.705. The van der Waals surface area contributed by atoms with Crippen molar-refractivity contribution < 1.29 is 0 Å². The van der Waals surface area contributed by atoms with Gasteiger partial charge in [0.1, 0.15) is 0 Å². The monoisotopic (exact) mass is 212 g/mol. The summed E-state index contributed by atoms with van der Waals surface area (Å²) in [6.07, 6.45) is 2.60. The Hall–Kier alpha value is -1.57. The van der Waals surface area contributed by atoms with Crippen LogP contribution < -0.4 is 5.32 Å². The van der Waals surface area contributed by atoms with E-state index in [1.54, 1.807) is 0 Å². The van der Waals surface area contributed by atoms with Gasteiger partial charge in [0.25, 0.3) is 0 Å². The number of rotatable bonds is 2. The number of benzene rings is 1. The molecule has 2 heteroatoms. The summed E-state index contributed by atoms with van der Waals surface area (Å²) < 4.78 is 0. The number of hydrogen-bond acceptors (Lipinski definition) is 2. The average molecular weight is 212 g/mol. The third kappa shape index (κ3) is 1.45. The molecule has 2 aromatic rings. The van der Waals surface area contributed by atoms with Crippen LogP contribution in [0.2, 0.25) is 0 Å². The van der Waals surface area contributed by atoms with Crippen LogP contribution in [0.1, 0.15) is 30.0 Å². The molecule has 1 aliphatic rings. The van der Waals surface area contributed by atoms with Gasteiger partial charge in [0, 0.05) is 29.7 Å². The first-order valence-electron chi connectivity index (χ1n) is 5.87. The van der Waals surface area contributed by atoms with Gasteiger partial charge in [-0.25, -0.2) is 0 Å². The lowest BCUT2D eigenvalue weighted by Gasteiger charge is -2.10. The van der Waals surface area contributed by atoms with Gasteiger partial charge in [-0.3, -0.25) is 4.98 Å². The molecule has 1 aromatic carbocycles. The highest BCUT2D eigenvalue weighted by Gasteiger charge is 2.25. The van der Waals surface area contributed by atoms with Gasteiger partial charge in [-0.1, -0.05) is 18.2 Å². The van der Waals surface area contributed by atoms with E-state index in [0.717, 1.165) is 5.52 Å². The van der Waals surface area contributed by atoms with Gasteiger partial charge in [-0.2, -0.15) is 0 Å². The van der Waals surface area contributed by atoms with Gasteiger partial charge in [0.05, 0.1) is 5.52 Å². The molecule has 1 aliphatic carbocycles. The molecule has 0 radical (unpaired) electrons. The van der Waals surface area contributed by atoms with E-state index in [4.69, 9.17) is 4.98 Å².